The van der Waals surface area contributed by atoms with Crippen molar-refractivity contribution in [3.63, 3.8) is 0 Å². The van der Waals surface area contributed by atoms with Crippen LogP contribution in [-0.4, -0.2) is 26.7 Å². The van der Waals surface area contributed by atoms with Gasteiger partial charge in [0.15, 0.2) is 0 Å². The van der Waals surface area contributed by atoms with Crippen LogP contribution in [0.2, 0.25) is 0 Å². The number of unbranched alkanes of at least 4 members (excludes halogenated alkanes) is 2. The van der Waals surface area contributed by atoms with Crippen molar-refractivity contribution in [3.05, 3.63) is 30.3 Å². The van der Waals surface area contributed by atoms with Crippen LogP contribution in [0.5, 0.6) is 0 Å². The van der Waals surface area contributed by atoms with Crippen LogP contribution >= 0.6 is 0 Å². The second kappa shape index (κ2) is 9.06. The van der Waals surface area contributed by atoms with Crippen LogP contribution in [-0.2, 0) is 0 Å². The summed E-state index contributed by atoms with van der Waals surface area (Å²) in [5.41, 5.74) is 1.32. The molecule has 0 heterocycles. The number of para-hydroxylation sites is 1. The standard InChI is InChI=1S/C15H26N2/c1-3-12-16-13-8-5-9-14-17(2)15-10-6-4-7-11-15/h4,6-7,10-11,16H,3,5,8-9,12-14H2,1-2H3. The predicted octanol–water partition coefficient (Wildman–Crippen LogP) is 3.29. The number of rotatable bonds is 9. The van der Waals surface area contributed by atoms with Crippen molar-refractivity contribution in [1.82, 2.24) is 5.32 Å². The van der Waals surface area contributed by atoms with Gasteiger partial charge >= 0.3 is 0 Å². The molecule has 2 heteroatoms. The van der Waals surface area contributed by atoms with Gasteiger partial charge in [-0.3, -0.25) is 0 Å². The minimum absolute atomic E-state index is 1.15. The molecule has 0 unspecified atom stereocenters. The zero-order valence-corrected chi connectivity index (χ0v) is 11.3. The molecule has 0 amide bonds. The molecule has 0 bridgehead atoms. The third-order valence-electron chi connectivity index (χ3n) is 2.97. The summed E-state index contributed by atoms with van der Waals surface area (Å²) in [5, 5.41) is 3.44. The summed E-state index contributed by atoms with van der Waals surface area (Å²) >= 11 is 0. The average Bonchev–Trinajstić information content (AvgIpc) is 2.38. The molecule has 0 aliphatic carbocycles. The maximum absolute atomic E-state index is 3.44. The van der Waals surface area contributed by atoms with E-state index in [1.165, 1.54) is 37.9 Å². The summed E-state index contributed by atoms with van der Waals surface area (Å²) in [6, 6.07) is 10.6. The van der Waals surface area contributed by atoms with Gasteiger partial charge in [-0.1, -0.05) is 31.5 Å². The van der Waals surface area contributed by atoms with Crippen molar-refractivity contribution in [1.29, 1.82) is 0 Å². The van der Waals surface area contributed by atoms with Gasteiger partial charge in [0.1, 0.15) is 0 Å². The third kappa shape index (κ3) is 6.32. The molecule has 0 fully saturated rings. The zero-order chi connectivity index (χ0) is 12.3. The van der Waals surface area contributed by atoms with Crippen molar-refractivity contribution >= 4 is 5.69 Å². The Labute approximate surface area is 106 Å². The van der Waals surface area contributed by atoms with Crippen LogP contribution in [0.25, 0.3) is 0 Å². The number of nitrogens with zero attached hydrogens (tertiary/aromatic N) is 1. The van der Waals surface area contributed by atoms with E-state index in [0.29, 0.717) is 0 Å². The summed E-state index contributed by atoms with van der Waals surface area (Å²) in [4.78, 5) is 2.33. The molecule has 1 aromatic rings. The zero-order valence-electron chi connectivity index (χ0n) is 11.3. The van der Waals surface area contributed by atoms with E-state index in [1.54, 1.807) is 0 Å². The molecular formula is C15H26N2. The molecule has 0 atom stereocenters. The fourth-order valence-corrected chi connectivity index (χ4v) is 1.89. The van der Waals surface area contributed by atoms with Crippen LogP contribution in [0.15, 0.2) is 30.3 Å². The molecule has 0 saturated carbocycles. The highest BCUT2D eigenvalue weighted by atomic mass is 15.1. The van der Waals surface area contributed by atoms with Gasteiger partial charge in [-0.25, -0.2) is 0 Å². The summed E-state index contributed by atoms with van der Waals surface area (Å²) < 4.78 is 0. The Morgan fingerprint density at radius 1 is 1.00 bits per heavy atom. The van der Waals surface area contributed by atoms with Crippen molar-refractivity contribution in [2.24, 2.45) is 0 Å². The number of benzene rings is 1. The van der Waals surface area contributed by atoms with Crippen LogP contribution in [0.4, 0.5) is 5.69 Å². The average molecular weight is 234 g/mol. The molecule has 0 aliphatic heterocycles. The van der Waals surface area contributed by atoms with E-state index in [0.717, 1.165) is 13.1 Å². The van der Waals surface area contributed by atoms with Crippen molar-refractivity contribution in [3.8, 4) is 0 Å². The highest BCUT2D eigenvalue weighted by molar-refractivity contribution is 5.44. The van der Waals surface area contributed by atoms with E-state index in [1.807, 2.05) is 0 Å². The normalized spacial score (nSPS) is 10.5. The number of anilines is 1. The molecule has 1 aromatic carbocycles. The largest absolute Gasteiger partial charge is 0.375 e. The van der Waals surface area contributed by atoms with Gasteiger partial charge in [0.2, 0.25) is 0 Å². The van der Waals surface area contributed by atoms with E-state index in [-0.39, 0.29) is 0 Å². The molecular weight excluding hydrogens is 208 g/mol. The maximum Gasteiger partial charge on any atom is 0.0363 e. The fourth-order valence-electron chi connectivity index (χ4n) is 1.89. The number of hydrogen-bond acceptors (Lipinski definition) is 2. The molecule has 1 rings (SSSR count). The molecule has 96 valence electrons. The van der Waals surface area contributed by atoms with E-state index >= 15 is 0 Å². The molecule has 0 saturated heterocycles. The van der Waals surface area contributed by atoms with Gasteiger partial charge < -0.3 is 10.2 Å². The first kappa shape index (κ1) is 14.0. The van der Waals surface area contributed by atoms with E-state index in [2.05, 4.69) is 54.5 Å². The van der Waals surface area contributed by atoms with Crippen LogP contribution in [0.3, 0.4) is 0 Å². The smallest absolute Gasteiger partial charge is 0.0363 e. The van der Waals surface area contributed by atoms with Gasteiger partial charge in [-0.2, -0.15) is 0 Å². The van der Waals surface area contributed by atoms with Crippen LogP contribution in [0.1, 0.15) is 32.6 Å². The van der Waals surface area contributed by atoms with Gasteiger partial charge in [0, 0.05) is 19.3 Å². The first-order valence-corrected chi connectivity index (χ1v) is 6.81. The third-order valence-corrected chi connectivity index (χ3v) is 2.97. The molecule has 0 aliphatic rings. The second-order valence-corrected chi connectivity index (χ2v) is 4.57. The Hall–Kier alpha value is -1.02. The van der Waals surface area contributed by atoms with E-state index in [4.69, 9.17) is 0 Å². The first-order chi connectivity index (χ1) is 8.34. The molecule has 17 heavy (non-hydrogen) atoms. The van der Waals surface area contributed by atoms with Crippen LogP contribution < -0.4 is 10.2 Å². The minimum Gasteiger partial charge on any atom is -0.375 e. The van der Waals surface area contributed by atoms with Crippen LogP contribution in [0, 0.1) is 0 Å². The maximum atomic E-state index is 3.44. The van der Waals surface area contributed by atoms with Gasteiger partial charge in [0.05, 0.1) is 0 Å². The lowest BCUT2D eigenvalue weighted by Crippen LogP contribution is -2.19. The summed E-state index contributed by atoms with van der Waals surface area (Å²) in [6.07, 6.45) is 5.12. The van der Waals surface area contributed by atoms with Gasteiger partial charge in [0.25, 0.3) is 0 Å². The Morgan fingerprint density at radius 2 is 1.76 bits per heavy atom. The predicted molar refractivity (Wildman–Crippen MR) is 76.7 cm³/mol. The fraction of sp³-hybridized carbons (Fsp3) is 0.600. The monoisotopic (exact) mass is 234 g/mol. The van der Waals surface area contributed by atoms with Gasteiger partial charge in [-0.05, 0) is 44.5 Å². The topological polar surface area (TPSA) is 15.3 Å². The minimum atomic E-state index is 1.15. The highest BCUT2D eigenvalue weighted by Gasteiger charge is 1.98. The quantitative estimate of drug-likeness (QED) is 0.660. The van der Waals surface area contributed by atoms with Crippen molar-refractivity contribution in [2.75, 3.05) is 31.6 Å². The SMILES string of the molecule is CCCNCCCCCN(C)c1ccccc1. The number of nitrogens with one attached hydrogen (secondary N) is 1. The Bertz CT molecular complexity index is 272. The van der Waals surface area contributed by atoms with Crippen molar-refractivity contribution in [2.45, 2.75) is 32.6 Å². The molecule has 2 nitrogen and oxygen atoms in total. The summed E-state index contributed by atoms with van der Waals surface area (Å²) in [7, 11) is 2.17. The highest BCUT2D eigenvalue weighted by Crippen LogP contribution is 2.11. The first-order valence-electron chi connectivity index (χ1n) is 6.81. The lowest BCUT2D eigenvalue weighted by Gasteiger charge is -2.18. The Morgan fingerprint density at radius 3 is 2.47 bits per heavy atom. The lowest BCUT2D eigenvalue weighted by molar-refractivity contribution is 0.598. The second-order valence-electron chi connectivity index (χ2n) is 4.57. The van der Waals surface area contributed by atoms with E-state index in [9.17, 15) is 0 Å². The molecule has 1 N–H and O–H groups in total. The number of hydrogen-bond donors (Lipinski definition) is 1. The molecule has 0 radical (unpaired) electrons. The van der Waals surface area contributed by atoms with Crippen molar-refractivity contribution < 1.29 is 0 Å². The Kier molecular flexibility index (Phi) is 7.48. The summed E-state index contributed by atoms with van der Waals surface area (Å²) in [5.74, 6) is 0. The molecule has 0 aromatic heterocycles. The van der Waals surface area contributed by atoms with E-state index < -0.39 is 0 Å². The summed E-state index contributed by atoms with van der Waals surface area (Å²) in [6.45, 7) is 5.69. The van der Waals surface area contributed by atoms with Gasteiger partial charge in [-0.15, -0.1) is 0 Å². The Balaban J connectivity index is 2.03. The molecule has 0 spiro atoms. The lowest BCUT2D eigenvalue weighted by atomic mass is 10.2.